The molecule has 0 heterocycles. The van der Waals surface area contributed by atoms with Gasteiger partial charge in [-0.05, 0) is 24.6 Å². The van der Waals surface area contributed by atoms with E-state index in [0.29, 0.717) is 11.1 Å². The lowest BCUT2D eigenvalue weighted by molar-refractivity contribution is 0.0962. The zero-order valence-corrected chi connectivity index (χ0v) is 8.23. The van der Waals surface area contributed by atoms with Gasteiger partial charge in [-0.2, -0.15) is 0 Å². The quantitative estimate of drug-likeness (QED) is 0.766. The molecule has 0 unspecified atom stereocenters. The Morgan fingerprint density at radius 1 is 1.57 bits per heavy atom. The van der Waals surface area contributed by atoms with E-state index in [-0.39, 0.29) is 5.91 Å². The van der Waals surface area contributed by atoms with Crippen molar-refractivity contribution in [1.29, 1.82) is 0 Å². The molecule has 0 aliphatic heterocycles. The molecule has 0 aromatic heterocycles. The number of hydrogen-bond donors (Lipinski definition) is 1. The molecule has 3 heteroatoms. The maximum absolute atomic E-state index is 13.3. The van der Waals surface area contributed by atoms with Gasteiger partial charge < -0.3 is 5.32 Å². The van der Waals surface area contributed by atoms with Crippen molar-refractivity contribution in [3.63, 3.8) is 0 Å². The van der Waals surface area contributed by atoms with E-state index in [1.165, 1.54) is 19.2 Å². The molecule has 0 aliphatic rings. The first-order chi connectivity index (χ1) is 6.60. The minimum Gasteiger partial charge on any atom is -0.355 e. The van der Waals surface area contributed by atoms with Gasteiger partial charge in [-0.1, -0.05) is 12.7 Å². The first kappa shape index (κ1) is 10.4. The molecule has 0 bridgehead atoms. The monoisotopic (exact) mass is 193 g/mol. The molecule has 1 amide bonds. The Hall–Kier alpha value is -1.64. The van der Waals surface area contributed by atoms with E-state index in [4.69, 9.17) is 0 Å². The maximum Gasteiger partial charge on any atom is 0.251 e. The highest BCUT2D eigenvalue weighted by Crippen LogP contribution is 2.16. The van der Waals surface area contributed by atoms with E-state index in [2.05, 4.69) is 11.9 Å². The number of nitrogens with one attached hydrogen (secondary N) is 1. The summed E-state index contributed by atoms with van der Waals surface area (Å²) >= 11 is 0. The Morgan fingerprint density at radius 2 is 2.21 bits per heavy atom. The average molecular weight is 193 g/mol. The summed E-state index contributed by atoms with van der Waals surface area (Å²) in [5, 5.41) is 2.46. The van der Waals surface area contributed by atoms with Crippen molar-refractivity contribution in [2.45, 2.75) is 6.92 Å². The lowest BCUT2D eigenvalue weighted by Gasteiger charge is -2.06. The number of carbonyl (C=O) groups excluding carboxylic acids is 1. The van der Waals surface area contributed by atoms with Crippen LogP contribution < -0.4 is 5.32 Å². The summed E-state index contributed by atoms with van der Waals surface area (Å²) < 4.78 is 13.3. The molecule has 14 heavy (non-hydrogen) atoms. The van der Waals surface area contributed by atoms with Crippen molar-refractivity contribution in [1.82, 2.24) is 5.32 Å². The van der Waals surface area contributed by atoms with Crippen LogP contribution in [0, 0.1) is 12.7 Å². The molecule has 0 saturated carbocycles. The summed E-state index contributed by atoms with van der Waals surface area (Å²) in [6, 6.07) is 2.83. The number of rotatable bonds is 2. The first-order valence-corrected chi connectivity index (χ1v) is 4.24. The van der Waals surface area contributed by atoms with Crippen molar-refractivity contribution >= 4 is 12.0 Å². The van der Waals surface area contributed by atoms with Crippen molar-refractivity contribution in [3.8, 4) is 0 Å². The van der Waals surface area contributed by atoms with Crippen LogP contribution in [0.15, 0.2) is 18.7 Å². The van der Waals surface area contributed by atoms with Crippen LogP contribution >= 0.6 is 0 Å². The molecule has 1 aromatic carbocycles. The molecule has 0 saturated heterocycles. The van der Waals surface area contributed by atoms with Gasteiger partial charge in [0.25, 0.3) is 5.91 Å². The van der Waals surface area contributed by atoms with Crippen LogP contribution in [0.3, 0.4) is 0 Å². The SMILES string of the molecule is C=Cc1cc(C)c(C(=O)NC)cc1F. The third-order valence-electron chi connectivity index (χ3n) is 2.04. The number of hydrogen-bond acceptors (Lipinski definition) is 1. The second kappa shape index (κ2) is 4.05. The second-order valence-electron chi connectivity index (χ2n) is 2.97. The molecule has 0 radical (unpaired) electrons. The molecule has 1 rings (SSSR count). The molecule has 0 fully saturated rings. The Kier molecular flexibility index (Phi) is 3.02. The fraction of sp³-hybridized carbons (Fsp3) is 0.182. The van der Waals surface area contributed by atoms with Gasteiger partial charge in [-0.25, -0.2) is 4.39 Å². The van der Waals surface area contributed by atoms with Crippen molar-refractivity contribution < 1.29 is 9.18 Å². The number of halogens is 1. The van der Waals surface area contributed by atoms with E-state index < -0.39 is 5.82 Å². The van der Waals surface area contributed by atoms with Gasteiger partial charge in [0.1, 0.15) is 5.82 Å². The highest BCUT2D eigenvalue weighted by atomic mass is 19.1. The summed E-state index contributed by atoms with van der Waals surface area (Å²) in [5.41, 5.74) is 1.51. The van der Waals surface area contributed by atoms with Gasteiger partial charge in [-0.15, -0.1) is 0 Å². The molecular formula is C11H12FNO. The molecule has 0 atom stereocenters. The van der Waals surface area contributed by atoms with Crippen LogP contribution in [-0.2, 0) is 0 Å². The second-order valence-corrected chi connectivity index (χ2v) is 2.97. The maximum atomic E-state index is 13.3. The predicted octanol–water partition coefficient (Wildman–Crippen LogP) is 2.14. The highest BCUT2D eigenvalue weighted by Gasteiger charge is 2.10. The summed E-state index contributed by atoms with van der Waals surface area (Å²) in [4.78, 5) is 11.3. The largest absolute Gasteiger partial charge is 0.355 e. The van der Waals surface area contributed by atoms with Gasteiger partial charge >= 0.3 is 0 Å². The minimum absolute atomic E-state index is 0.281. The van der Waals surface area contributed by atoms with E-state index in [0.717, 1.165) is 5.56 Å². The van der Waals surface area contributed by atoms with Gasteiger partial charge in [-0.3, -0.25) is 4.79 Å². The van der Waals surface area contributed by atoms with Crippen molar-refractivity contribution in [2.24, 2.45) is 0 Å². The molecule has 74 valence electrons. The molecule has 0 aliphatic carbocycles. The van der Waals surface area contributed by atoms with Crippen LogP contribution in [0.4, 0.5) is 4.39 Å². The van der Waals surface area contributed by atoms with Crippen LogP contribution in [0.2, 0.25) is 0 Å². The fourth-order valence-electron chi connectivity index (χ4n) is 1.24. The summed E-state index contributed by atoms with van der Waals surface area (Å²) in [7, 11) is 1.51. The summed E-state index contributed by atoms with van der Waals surface area (Å²) in [6.07, 6.45) is 1.43. The number of amides is 1. The van der Waals surface area contributed by atoms with Crippen LogP contribution in [0.1, 0.15) is 21.5 Å². The first-order valence-electron chi connectivity index (χ1n) is 4.24. The normalized spacial score (nSPS) is 9.64. The number of aryl methyl sites for hydroxylation is 1. The molecular weight excluding hydrogens is 181 g/mol. The van der Waals surface area contributed by atoms with Gasteiger partial charge in [0.15, 0.2) is 0 Å². The van der Waals surface area contributed by atoms with Crippen LogP contribution in [-0.4, -0.2) is 13.0 Å². The zero-order valence-electron chi connectivity index (χ0n) is 8.23. The standard InChI is InChI=1S/C11H12FNO/c1-4-8-5-7(2)9(6-10(8)12)11(14)13-3/h4-6H,1H2,2-3H3,(H,13,14). The van der Waals surface area contributed by atoms with Gasteiger partial charge in [0.05, 0.1) is 0 Å². The molecule has 2 nitrogen and oxygen atoms in total. The molecule has 0 spiro atoms. The lowest BCUT2D eigenvalue weighted by atomic mass is 10.0. The van der Waals surface area contributed by atoms with Crippen molar-refractivity contribution in [2.75, 3.05) is 7.05 Å². The Balaban J connectivity index is 3.28. The van der Waals surface area contributed by atoms with E-state index in [9.17, 15) is 9.18 Å². The van der Waals surface area contributed by atoms with Crippen LogP contribution in [0.5, 0.6) is 0 Å². The van der Waals surface area contributed by atoms with Crippen LogP contribution in [0.25, 0.3) is 6.08 Å². The Bertz CT molecular complexity index is 385. The Labute approximate surface area is 82.4 Å². The Morgan fingerprint density at radius 3 is 2.71 bits per heavy atom. The van der Waals surface area contributed by atoms with E-state index in [1.54, 1.807) is 13.0 Å². The van der Waals surface area contributed by atoms with E-state index >= 15 is 0 Å². The summed E-state index contributed by atoms with van der Waals surface area (Å²) in [6.45, 7) is 5.25. The number of benzene rings is 1. The zero-order chi connectivity index (χ0) is 10.7. The third kappa shape index (κ3) is 1.82. The number of carbonyl (C=O) groups is 1. The van der Waals surface area contributed by atoms with E-state index in [1.807, 2.05) is 0 Å². The third-order valence-corrected chi connectivity index (χ3v) is 2.04. The van der Waals surface area contributed by atoms with Gasteiger partial charge in [0.2, 0.25) is 0 Å². The topological polar surface area (TPSA) is 29.1 Å². The predicted molar refractivity (Wildman–Crippen MR) is 54.6 cm³/mol. The average Bonchev–Trinajstić information content (AvgIpc) is 2.19. The molecule has 1 N–H and O–H groups in total. The highest BCUT2D eigenvalue weighted by molar-refractivity contribution is 5.95. The minimum atomic E-state index is -0.427. The molecule has 1 aromatic rings. The smallest absolute Gasteiger partial charge is 0.251 e. The lowest BCUT2D eigenvalue weighted by Crippen LogP contribution is -2.19. The summed E-state index contributed by atoms with van der Waals surface area (Å²) in [5.74, 6) is -0.707. The fourth-order valence-corrected chi connectivity index (χ4v) is 1.24. The van der Waals surface area contributed by atoms with Crippen molar-refractivity contribution in [3.05, 3.63) is 41.2 Å². The van der Waals surface area contributed by atoms with Gasteiger partial charge in [0, 0.05) is 18.2 Å².